The topological polar surface area (TPSA) is 61.4 Å². The number of amides is 2. The van der Waals surface area contributed by atoms with Gasteiger partial charge in [0.1, 0.15) is 0 Å². The molecule has 7 heteroatoms. The van der Waals surface area contributed by atoms with Crippen LogP contribution in [0.4, 0.5) is 5.69 Å². The minimum Gasteiger partial charge on any atom is -0.333 e. The van der Waals surface area contributed by atoms with Gasteiger partial charge in [-0.2, -0.15) is 0 Å². The number of hydrogen-bond acceptors (Lipinski definition) is 3. The Balaban J connectivity index is 0.00000484. The number of rotatable bonds is 9. The lowest BCUT2D eigenvalue weighted by Crippen LogP contribution is -2.38. The van der Waals surface area contributed by atoms with Gasteiger partial charge in [0, 0.05) is 23.7 Å². The third kappa shape index (κ3) is 8.79. The molecular formula is C16H25Cl2N3O2. The molecule has 0 atom stereocenters. The fourth-order valence-electron chi connectivity index (χ4n) is 2.04. The van der Waals surface area contributed by atoms with Crippen LogP contribution in [0.1, 0.15) is 26.2 Å². The summed E-state index contributed by atoms with van der Waals surface area (Å²) in [4.78, 5) is 25.8. The molecule has 1 aromatic carbocycles. The molecule has 0 aromatic heterocycles. The van der Waals surface area contributed by atoms with E-state index in [9.17, 15) is 9.59 Å². The molecule has 0 aliphatic rings. The van der Waals surface area contributed by atoms with E-state index in [0.29, 0.717) is 23.7 Å². The number of hydrogen-bond donors (Lipinski definition) is 2. The molecule has 1 rings (SSSR count). The average molecular weight is 362 g/mol. The molecule has 0 aliphatic carbocycles. The molecule has 2 N–H and O–H groups in total. The van der Waals surface area contributed by atoms with Crippen LogP contribution in [0, 0.1) is 0 Å². The lowest BCUT2D eigenvalue weighted by atomic mass is 10.2. The van der Waals surface area contributed by atoms with Crippen molar-refractivity contribution < 1.29 is 9.59 Å². The average Bonchev–Trinajstić information content (AvgIpc) is 2.49. The van der Waals surface area contributed by atoms with Crippen LogP contribution in [0.5, 0.6) is 0 Å². The van der Waals surface area contributed by atoms with E-state index < -0.39 is 0 Å². The van der Waals surface area contributed by atoms with Gasteiger partial charge in [-0.15, -0.1) is 12.4 Å². The monoisotopic (exact) mass is 361 g/mol. The zero-order valence-electron chi connectivity index (χ0n) is 13.6. The van der Waals surface area contributed by atoms with Gasteiger partial charge in [-0.05, 0) is 50.7 Å². The first-order valence-electron chi connectivity index (χ1n) is 7.54. The predicted molar refractivity (Wildman–Crippen MR) is 97.4 cm³/mol. The van der Waals surface area contributed by atoms with E-state index in [4.69, 9.17) is 11.6 Å². The molecule has 0 spiro atoms. The standard InChI is InChI=1S/C16H24ClN3O2.ClH/c1-3-11-20(16(22)5-4-10-18-2)12-15(21)19-14-8-6-13(17)7-9-14;/h6-9,18H,3-5,10-12H2,1-2H3,(H,19,21);1H. The minimum atomic E-state index is -0.197. The largest absolute Gasteiger partial charge is 0.333 e. The third-order valence-electron chi connectivity index (χ3n) is 3.13. The first-order chi connectivity index (χ1) is 10.6. The van der Waals surface area contributed by atoms with Gasteiger partial charge < -0.3 is 15.5 Å². The van der Waals surface area contributed by atoms with Crippen LogP contribution in [-0.4, -0.2) is 43.4 Å². The molecule has 0 radical (unpaired) electrons. The maximum Gasteiger partial charge on any atom is 0.243 e. The van der Waals surface area contributed by atoms with E-state index in [1.165, 1.54) is 0 Å². The summed E-state index contributed by atoms with van der Waals surface area (Å²) >= 11 is 5.81. The molecule has 0 saturated heterocycles. The highest BCUT2D eigenvalue weighted by Gasteiger charge is 2.16. The Bertz CT molecular complexity index is 481. The first-order valence-corrected chi connectivity index (χ1v) is 7.92. The summed E-state index contributed by atoms with van der Waals surface area (Å²) < 4.78 is 0. The number of nitrogens with zero attached hydrogens (tertiary/aromatic N) is 1. The van der Waals surface area contributed by atoms with E-state index in [2.05, 4.69) is 10.6 Å². The van der Waals surface area contributed by atoms with Crippen LogP contribution in [0.2, 0.25) is 5.02 Å². The number of halogens is 2. The van der Waals surface area contributed by atoms with Crippen molar-refractivity contribution in [3.63, 3.8) is 0 Å². The van der Waals surface area contributed by atoms with Crippen LogP contribution in [0.3, 0.4) is 0 Å². The van der Waals surface area contributed by atoms with Crippen molar-refractivity contribution in [3.05, 3.63) is 29.3 Å². The summed E-state index contributed by atoms with van der Waals surface area (Å²) in [5.74, 6) is -0.180. The van der Waals surface area contributed by atoms with E-state index in [1.54, 1.807) is 29.2 Å². The maximum absolute atomic E-state index is 12.1. The van der Waals surface area contributed by atoms with Crippen LogP contribution >= 0.6 is 24.0 Å². The molecule has 0 bridgehead atoms. The van der Waals surface area contributed by atoms with Gasteiger partial charge in [-0.25, -0.2) is 0 Å². The molecule has 5 nitrogen and oxygen atoms in total. The molecule has 0 aliphatic heterocycles. The second-order valence-electron chi connectivity index (χ2n) is 5.08. The molecule has 130 valence electrons. The van der Waals surface area contributed by atoms with Gasteiger partial charge in [0.05, 0.1) is 6.54 Å². The Morgan fingerprint density at radius 2 is 1.87 bits per heavy atom. The molecule has 0 saturated carbocycles. The maximum atomic E-state index is 12.1. The van der Waals surface area contributed by atoms with Crippen LogP contribution in [0.25, 0.3) is 0 Å². The highest BCUT2D eigenvalue weighted by atomic mass is 35.5. The van der Waals surface area contributed by atoms with Crippen molar-refractivity contribution in [1.82, 2.24) is 10.2 Å². The van der Waals surface area contributed by atoms with Gasteiger partial charge in [-0.3, -0.25) is 9.59 Å². The molecule has 0 unspecified atom stereocenters. The Morgan fingerprint density at radius 3 is 2.43 bits per heavy atom. The summed E-state index contributed by atoms with van der Waals surface area (Å²) in [6.07, 6.45) is 2.05. The zero-order valence-corrected chi connectivity index (χ0v) is 15.2. The van der Waals surface area contributed by atoms with Crippen LogP contribution in [0.15, 0.2) is 24.3 Å². The van der Waals surface area contributed by atoms with Gasteiger partial charge in [-0.1, -0.05) is 18.5 Å². The molecule has 1 aromatic rings. The third-order valence-corrected chi connectivity index (χ3v) is 3.38. The summed E-state index contributed by atoms with van der Waals surface area (Å²) in [5.41, 5.74) is 0.675. The van der Waals surface area contributed by atoms with Gasteiger partial charge >= 0.3 is 0 Å². The molecule has 0 heterocycles. The highest BCUT2D eigenvalue weighted by Crippen LogP contribution is 2.13. The zero-order chi connectivity index (χ0) is 16.4. The van der Waals surface area contributed by atoms with Crippen molar-refractivity contribution in [2.75, 3.05) is 32.0 Å². The van der Waals surface area contributed by atoms with E-state index in [-0.39, 0.29) is 30.8 Å². The van der Waals surface area contributed by atoms with Gasteiger partial charge in [0.25, 0.3) is 0 Å². The molecule has 23 heavy (non-hydrogen) atoms. The van der Waals surface area contributed by atoms with Crippen molar-refractivity contribution in [1.29, 1.82) is 0 Å². The number of nitrogens with one attached hydrogen (secondary N) is 2. The predicted octanol–water partition coefficient (Wildman–Crippen LogP) is 2.94. The van der Waals surface area contributed by atoms with E-state index in [0.717, 1.165) is 19.4 Å². The van der Waals surface area contributed by atoms with Crippen molar-refractivity contribution >= 4 is 41.5 Å². The number of carbonyl (C=O) groups is 2. The van der Waals surface area contributed by atoms with Crippen molar-refractivity contribution in [3.8, 4) is 0 Å². The van der Waals surface area contributed by atoms with Crippen molar-refractivity contribution in [2.45, 2.75) is 26.2 Å². The Labute approximate surface area is 149 Å². The van der Waals surface area contributed by atoms with Crippen LogP contribution < -0.4 is 10.6 Å². The minimum absolute atomic E-state index is 0. The normalized spacial score (nSPS) is 9.87. The number of anilines is 1. The lowest BCUT2D eigenvalue weighted by Gasteiger charge is -2.21. The summed E-state index contributed by atoms with van der Waals surface area (Å²) in [6, 6.07) is 6.89. The summed E-state index contributed by atoms with van der Waals surface area (Å²) in [6.45, 7) is 3.45. The van der Waals surface area contributed by atoms with Gasteiger partial charge in [0.15, 0.2) is 0 Å². The number of carbonyl (C=O) groups excluding carboxylic acids is 2. The molecule has 2 amide bonds. The van der Waals surface area contributed by atoms with Gasteiger partial charge in [0.2, 0.25) is 11.8 Å². The lowest BCUT2D eigenvalue weighted by molar-refractivity contribution is -0.134. The van der Waals surface area contributed by atoms with Crippen molar-refractivity contribution in [2.24, 2.45) is 0 Å². The summed E-state index contributed by atoms with van der Waals surface area (Å²) in [7, 11) is 1.86. The SMILES string of the molecule is CCCN(CC(=O)Nc1ccc(Cl)cc1)C(=O)CCCNC.Cl. The molecular weight excluding hydrogens is 337 g/mol. The Morgan fingerprint density at radius 1 is 1.22 bits per heavy atom. The second kappa shape index (κ2) is 12.2. The quantitative estimate of drug-likeness (QED) is 0.664. The Hall–Kier alpha value is -1.30. The highest BCUT2D eigenvalue weighted by molar-refractivity contribution is 6.30. The first kappa shape index (κ1) is 21.7. The fraction of sp³-hybridized carbons (Fsp3) is 0.500. The second-order valence-corrected chi connectivity index (χ2v) is 5.51. The Kier molecular flexibility index (Phi) is 11.5. The summed E-state index contributed by atoms with van der Waals surface area (Å²) in [5, 5.41) is 6.40. The molecule has 0 fully saturated rings. The van der Waals surface area contributed by atoms with E-state index >= 15 is 0 Å². The fourth-order valence-corrected chi connectivity index (χ4v) is 2.17. The smallest absolute Gasteiger partial charge is 0.243 e. The number of benzene rings is 1. The van der Waals surface area contributed by atoms with Crippen LogP contribution in [-0.2, 0) is 9.59 Å². The van der Waals surface area contributed by atoms with E-state index in [1.807, 2.05) is 14.0 Å².